The summed E-state index contributed by atoms with van der Waals surface area (Å²) >= 11 is 0. The van der Waals surface area contributed by atoms with Crippen LogP contribution in [0.5, 0.6) is 0 Å². The second kappa shape index (κ2) is 5.80. The summed E-state index contributed by atoms with van der Waals surface area (Å²) in [5.41, 5.74) is 1.07. The Morgan fingerprint density at radius 1 is 1.32 bits per heavy atom. The lowest BCUT2D eigenvalue weighted by atomic mass is 10.2. The molecule has 0 saturated heterocycles. The molecular formula is C14H17N3O4S. The van der Waals surface area contributed by atoms with Crippen LogP contribution in [0, 0.1) is 6.92 Å². The smallest absolute Gasteiger partial charge is 0.335 e. The molecule has 2 rings (SSSR count). The van der Waals surface area contributed by atoms with Gasteiger partial charge in [-0.2, -0.15) is 13.5 Å². The van der Waals surface area contributed by atoms with E-state index in [2.05, 4.69) is 5.10 Å². The Morgan fingerprint density at radius 3 is 2.32 bits per heavy atom. The molecule has 8 heteroatoms. The molecule has 0 aliphatic rings. The van der Waals surface area contributed by atoms with Crippen LogP contribution in [0.2, 0.25) is 0 Å². The lowest BCUT2D eigenvalue weighted by molar-refractivity contribution is 0.0697. The molecule has 1 aromatic carbocycles. The second-order valence-corrected chi connectivity index (χ2v) is 6.56. The fraction of sp³-hybridized carbons (Fsp3) is 0.286. The lowest BCUT2D eigenvalue weighted by Crippen LogP contribution is -2.32. The molecule has 0 amide bonds. The number of hydrogen-bond donors (Lipinski definition) is 1. The number of carbonyl (C=O) groups is 1. The van der Waals surface area contributed by atoms with E-state index in [-0.39, 0.29) is 17.1 Å². The van der Waals surface area contributed by atoms with Crippen LogP contribution < -0.4 is 4.31 Å². The quantitative estimate of drug-likeness (QED) is 0.903. The van der Waals surface area contributed by atoms with E-state index in [1.807, 2.05) is 0 Å². The Labute approximate surface area is 128 Å². The number of rotatable bonds is 5. The average molecular weight is 323 g/mol. The van der Waals surface area contributed by atoms with Crippen molar-refractivity contribution in [2.75, 3.05) is 10.8 Å². The topological polar surface area (TPSA) is 92.5 Å². The van der Waals surface area contributed by atoms with E-state index in [0.717, 1.165) is 0 Å². The minimum atomic E-state index is -3.77. The molecule has 0 atom stereocenters. The van der Waals surface area contributed by atoms with Crippen molar-refractivity contribution in [1.82, 2.24) is 9.78 Å². The van der Waals surface area contributed by atoms with E-state index in [4.69, 9.17) is 5.11 Å². The molecule has 2 aromatic rings. The van der Waals surface area contributed by atoms with Gasteiger partial charge in [0.1, 0.15) is 0 Å². The van der Waals surface area contributed by atoms with Crippen LogP contribution in [0.15, 0.2) is 35.5 Å². The van der Waals surface area contributed by atoms with Crippen LogP contribution >= 0.6 is 0 Å². The van der Waals surface area contributed by atoms with Crippen LogP contribution in [0.4, 0.5) is 5.69 Å². The summed E-state index contributed by atoms with van der Waals surface area (Å²) in [7, 11) is -2.20. The van der Waals surface area contributed by atoms with E-state index in [1.165, 1.54) is 39.4 Å². The first kappa shape index (κ1) is 16.0. The molecule has 0 radical (unpaired) electrons. The van der Waals surface area contributed by atoms with Gasteiger partial charge in [0.05, 0.1) is 17.4 Å². The molecule has 0 aliphatic heterocycles. The third-order valence-corrected chi connectivity index (χ3v) is 5.40. The third-order valence-electron chi connectivity index (χ3n) is 3.28. The van der Waals surface area contributed by atoms with Crippen molar-refractivity contribution < 1.29 is 18.3 Å². The first-order chi connectivity index (χ1) is 10.3. The van der Waals surface area contributed by atoms with Gasteiger partial charge in [-0.25, -0.2) is 4.79 Å². The molecule has 22 heavy (non-hydrogen) atoms. The number of benzene rings is 1. The number of nitrogens with zero attached hydrogens (tertiary/aromatic N) is 3. The maximum Gasteiger partial charge on any atom is 0.335 e. The predicted octanol–water partition coefficient (Wildman–Crippen LogP) is 1.64. The maximum absolute atomic E-state index is 12.8. The standard InChI is InChI=1S/C14H17N3O4S/c1-4-17(12-7-5-11(6-8-12)14(18)19)22(20,21)13-10(2)9-15-16(13)3/h5-9H,4H2,1-3H3,(H,18,19). The largest absolute Gasteiger partial charge is 0.478 e. The van der Waals surface area contributed by atoms with Gasteiger partial charge in [0.15, 0.2) is 5.03 Å². The fourth-order valence-electron chi connectivity index (χ4n) is 2.27. The van der Waals surface area contributed by atoms with E-state index in [9.17, 15) is 13.2 Å². The highest BCUT2D eigenvalue weighted by molar-refractivity contribution is 7.92. The summed E-state index contributed by atoms with van der Waals surface area (Å²) < 4.78 is 28.2. The van der Waals surface area contributed by atoms with Gasteiger partial charge in [0.25, 0.3) is 10.0 Å². The zero-order valence-electron chi connectivity index (χ0n) is 12.5. The van der Waals surface area contributed by atoms with Crippen molar-refractivity contribution in [2.45, 2.75) is 18.9 Å². The van der Waals surface area contributed by atoms with Gasteiger partial charge in [-0.15, -0.1) is 0 Å². The van der Waals surface area contributed by atoms with Crippen molar-refractivity contribution >= 4 is 21.7 Å². The maximum atomic E-state index is 12.8. The van der Waals surface area contributed by atoms with E-state index >= 15 is 0 Å². The minimum Gasteiger partial charge on any atom is -0.478 e. The molecule has 0 saturated carbocycles. The predicted molar refractivity (Wildman–Crippen MR) is 81.6 cm³/mol. The minimum absolute atomic E-state index is 0.105. The molecule has 0 aliphatic carbocycles. The van der Waals surface area contributed by atoms with Gasteiger partial charge in [0.2, 0.25) is 0 Å². The van der Waals surface area contributed by atoms with E-state index in [0.29, 0.717) is 11.3 Å². The Bertz CT molecular complexity index is 774. The summed E-state index contributed by atoms with van der Waals surface area (Å²) in [5.74, 6) is -1.06. The van der Waals surface area contributed by atoms with Gasteiger partial charge in [-0.1, -0.05) is 0 Å². The van der Waals surface area contributed by atoms with Crippen molar-refractivity contribution in [3.63, 3.8) is 0 Å². The Balaban J connectivity index is 2.49. The van der Waals surface area contributed by atoms with Gasteiger partial charge < -0.3 is 5.11 Å². The molecule has 1 heterocycles. The average Bonchev–Trinajstić information content (AvgIpc) is 2.79. The Kier molecular flexibility index (Phi) is 4.23. The fourth-order valence-corrected chi connectivity index (χ4v) is 4.06. The van der Waals surface area contributed by atoms with Gasteiger partial charge in [-0.3, -0.25) is 8.99 Å². The summed E-state index contributed by atoms with van der Waals surface area (Å²) in [4.78, 5) is 10.9. The molecule has 1 aromatic heterocycles. The monoisotopic (exact) mass is 323 g/mol. The molecular weight excluding hydrogens is 306 g/mol. The highest BCUT2D eigenvalue weighted by Gasteiger charge is 2.28. The molecule has 118 valence electrons. The zero-order valence-corrected chi connectivity index (χ0v) is 13.3. The Hall–Kier alpha value is -2.35. The number of anilines is 1. The highest BCUT2D eigenvalue weighted by atomic mass is 32.2. The number of aromatic nitrogens is 2. The number of aromatic carboxylic acids is 1. The lowest BCUT2D eigenvalue weighted by Gasteiger charge is -2.23. The number of carboxylic acids is 1. The van der Waals surface area contributed by atoms with Crippen LogP contribution in [0.1, 0.15) is 22.8 Å². The van der Waals surface area contributed by atoms with Crippen molar-refractivity contribution in [3.8, 4) is 0 Å². The number of carboxylic acid groups (broad SMARTS) is 1. The molecule has 0 bridgehead atoms. The summed E-state index contributed by atoms with van der Waals surface area (Å²) in [6.07, 6.45) is 1.49. The van der Waals surface area contributed by atoms with Gasteiger partial charge in [0, 0.05) is 19.2 Å². The zero-order chi connectivity index (χ0) is 16.5. The molecule has 1 N–H and O–H groups in total. The first-order valence-electron chi connectivity index (χ1n) is 6.63. The summed E-state index contributed by atoms with van der Waals surface area (Å²) in [6.45, 7) is 3.62. The number of hydrogen-bond acceptors (Lipinski definition) is 4. The Morgan fingerprint density at radius 2 is 1.91 bits per heavy atom. The van der Waals surface area contributed by atoms with Crippen LogP contribution in [-0.2, 0) is 17.1 Å². The van der Waals surface area contributed by atoms with Gasteiger partial charge in [-0.05, 0) is 38.1 Å². The summed E-state index contributed by atoms with van der Waals surface area (Å²) in [5, 5.41) is 13.0. The van der Waals surface area contributed by atoms with E-state index in [1.54, 1.807) is 20.9 Å². The normalized spacial score (nSPS) is 11.4. The summed E-state index contributed by atoms with van der Waals surface area (Å²) in [6, 6.07) is 5.73. The third kappa shape index (κ3) is 2.69. The van der Waals surface area contributed by atoms with Crippen LogP contribution in [0.25, 0.3) is 0 Å². The van der Waals surface area contributed by atoms with Crippen molar-refractivity contribution in [3.05, 3.63) is 41.6 Å². The SMILES string of the molecule is CCN(c1ccc(C(=O)O)cc1)S(=O)(=O)c1c(C)cnn1C. The molecule has 0 spiro atoms. The molecule has 0 unspecified atom stereocenters. The second-order valence-electron chi connectivity index (χ2n) is 4.78. The molecule has 0 fully saturated rings. The highest BCUT2D eigenvalue weighted by Crippen LogP contribution is 2.25. The van der Waals surface area contributed by atoms with Crippen molar-refractivity contribution in [1.29, 1.82) is 0 Å². The van der Waals surface area contributed by atoms with Crippen LogP contribution in [0.3, 0.4) is 0 Å². The first-order valence-corrected chi connectivity index (χ1v) is 8.07. The van der Waals surface area contributed by atoms with Gasteiger partial charge >= 0.3 is 5.97 Å². The number of aryl methyl sites for hydroxylation is 2. The van der Waals surface area contributed by atoms with Crippen molar-refractivity contribution in [2.24, 2.45) is 7.05 Å². The molecule has 7 nitrogen and oxygen atoms in total. The van der Waals surface area contributed by atoms with Crippen LogP contribution in [-0.4, -0.2) is 35.8 Å². The number of sulfonamides is 1. The van der Waals surface area contributed by atoms with E-state index < -0.39 is 16.0 Å².